The minimum Gasteiger partial charge on any atom is -0.411 e. The monoisotopic (exact) mass is 243 g/mol. The van der Waals surface area contributed by atoms with E-state index in [0.717, 1.165) is 32.1 Å². The quantitative estimate of drug-likeness (QED) is 0.339. The molecule has 0 radical (unpaired) electrons. The Labute approximate surface area is 100 Å². The summed E-state index contributed by atoms with van der Waals surface area (Å²) in [6, 6.07) is 0. The van der Waals surface area contributed by atoms with Crippen molar-refractivity contribution in [2.75, 3.05) is 6.61 Å². The summed E-state index contributed by atoms with van der Waals surface area (Å²) in [5.74, 6) is 1.34. The van der Waals surface area contributed by atoms with Gasteiger partial charge >= 0.3 is 0 Å². The number of halogens is 1. The second-order valence-corrected chi connectivity index (χ2v) is 6.90. The molecule has 0 aromatic rings. The van der Waals surface area contributed by atoms with Crippen molar-refractivity contribution in [3.8, 4) is 0 Å². The van der Waals surface area contributed by atoms with E-state index in [0.29, 0.717) is 17.5 Å². The lowest BCUT2D eigenvalue weighted by Gasteiger charge is -2.59. The van der Waals surface area contributed by atoms with Gasteiger partial charge in [-0.15, -0.1) is 11.6 Å². The zero-order valence-electron chi connectivity index (χ0n) is 9.32. The normalized spacial score (nSPS) is 51.0. The molecule has 4 fully saturated rings. The highest BCUT2D eigenvalue weighted by atomic mass is 35.5. The van der Waals surface area contributed by atoms with Crippen molar-refractivity contribution in [3.05, 3.63) is 0 Å². The molecule has 4 heteroatoms. The van der Waals surface area contributed by atoms with E-state index in [-0.39, 0.29) is 16.9 Å². The molecule has 4 rings (SSSR count). The molecule has 16 heavy (non-hydrogen) atoms. The molecule has 4 aliphatic carbocycles. The third-order valence-corrected chi connectivity index (χ3v) is 5.31. The molecule has 0 aromatic heterocycles. The van der Waals surface area contributed by atoms with Crippen LogP contribution < -0.4 is 0 Å². The Kier molecular flexibility index (Phi) is 2.28. The SMILES string of the molecule is OCC(=NO)C12CC3CC(CC(Cl)(C3)C1)C2. The molecule has 4 aliphatic rings. The zero-order chi connectivity index (χ0) is 11.4. The lowest BCUT2D eigenvalue weighted by Crippen LogP contribution is -2.56. The van der Waals surface area contributed by atoms with E-state index >= 15 is 0 Å². The minimum atomic E-state index is -0.136. The molecule has 0 heterocycles. The molecule has 0 aliphatic heterocycles. The topological polar surface area (TPSA) is 52.8 Å². The lowest BCUT2D eigenvalue weighted by molar-refractivity contribution is -0.00240. The maximum Gasteiger partial charge on any atom is 0.0886 e. The van der Waals surface area contributed by atoms with E-state index < -0.39 is 0 Å². The standard InChI is InChI=1S/C12H18ClNO2/c13-12-4-8-1-9(5-12)3-11(2-8,7-12)10(6-15)14-16/h8-9,15-16H,1-7H2. The maximum atomic E-state index is 9.34. The van der Waals surface area contributed by atoms with Gasteiger partial charge in [0.05, 0.1) is 12.3 Å². The van der Waals surface area contributed by atoms with Crippen LogP contribution in [0.1, 0.15) is 38.5 Å². The van der Waals surface area contributed by atoms with Gasteiger partial charge in [-0.3, -0.25) is 0 Å². The summed E-state index contributed by atoms with van der Waals surface area (Å²) in [5, 5.41) is 21.7. The first-order chi connectivity index (χ1) is 7.59. The average molecular weight is 244 g/mol. The lowest BCUT2D eigenvalue weighted by atomic mass is 9.48. The fraction of sp³-hybridized carbons (Fsp3) is 0.917. The largest absolute Gasteiger partial charge is 0.411 e. The Morgan fingerprint density at radius 3 is 2.31 bits per heavy atom. The molecule has 4 saturated carbocycles. The van der Waals surface area contributed by atoms with Crippen LogP contribution in [0.5, 0.6) is 0 Å². The highest BCUT2D eigenvalue weighted by molar-refractivity contribution is 6.24. The molecule has 0 saturated heterocycles. The van der Waals surface area contributed by atoms with E-state index in [9.17, 15) is 5.11 Å². The molecular formula is C12H18ClNO2. The highest BCUT2D eigenvalue weighted by Gasteiger charge is 2.58. The number of oxime groups is 1. The summed E-state index contributed by atoms with van der Waals surface area (Å²) in [6.07, 6.45) is 6.48. The number of rotatable bonds is 2. The second kappa shape index (κ2) is 3.36. The summed E-state index contributed by atoms with van der Waals surface area (Å²) >= 11 is 6.66. The second-order valence-electron chi connectivity index (χ2n) is 6.10. The number of nitrogens with zero attached hydrogens (tertiary/aromatic N) is 1. The molecule has 4 bridgehead atoms. The van der Waals surface area contributed by atoms with Gasteiger partial charge in [0.15, 0.2) is 0 Å². The van der Waals surface area contributed by atoms with E-state index in [1.54, 1.807) is 0 Å². The molecule has 90 valence electrons. The number of hydrogen-bond donors (Lipinski definition) is 2. The number of aliphatic hydroxyl groups excluding tert-OH is 1. The first-order valence-corrected chi connectivity index (χ1v) is 6.48. The van der Waals surface area contributed by atoms with Crippen LogP contribution in [0.25, 0.3) is 0 Å². The van der Waals surface area contributed by atoms with Gasteiger partial charge in [-0.25, -0.2) is 0 Å². The fourth-order valence-electron chi connectivity index (χ4n) is 4.79. The third-order valence-electron chi connectivity index (χ3n) is 4.87. The molecule has 0 amide bonds. The first kappa shape index (κ1) is 10.8. The smallest absolute Gasteiger partial charge is 0.0886 e. The molecular weight excluding hydrogens is 226 g/mol. The van der Waals surface area contributed by atoms with Crippen molar-refractivity contribution in [3.63, 3.8) is 0 Å². The van der Waals surface area contributed by atoms with E-state index in [1.165, 1.54) is 6.42 Å². The number of alkyl halides is 1. The van der Waals surface area contributed by atoms with Gasteiger partial charge in [-0.05, 0) is 50.4 Å². The van der Waals surface area contributed by atoms with Crippen molar-refractivity contribution in [2.45, 2.75) is 43.4 Å². The molecule has 0 spiro atoms. The summed E-state index contributed by atoms with van der Waals surface area (Å²) in [4.78, 5) is -0.0881. The van der Waals surface area contributed by atoms with Crippen molar-refractivity contribution in [1.29, 1.82) is 0 Å². The number of hydrogen-bond acceptors (Lipinski definition) is 3. The number of aliphatic hydroxyl groups is 1. The van der Waals surface area contributed by atoms with Crippen LogP contribution in [0.2, 0.25) is 0 Å². The van der Waals surface area contributed by atoms with Gasteiger partial charge in [0, 0.05) is 10.3 Å². The Morgan fingerprint density at radius 1 is 1.25 bits per heavy atom. The molecule has 2 atom stereocenters. The zero-order valence-corrected chi connectivity index (χ0v) is 10.1. The Morgan fingerprint density at radius 2 is 1.88 bits per heavy atom. The third kappa shape index (κ3) is 1.41. The summed E-state index contributed by atoms with van der Waals surface area (Å²) in [6.45, 7) is -0.136. The van der Waals surface area contributed by atoms with Crippen LogP contribution in [0.3, 0.4) is 0 Å². The molecule has 0 aromatic carbocycles. The van der Waals surface area contributed by atoms with Crippen molar-refractivity contribution in [1.82, 2.24) is 0 Å². The fourth-order valence-corrected chi connectivity index (χ4v) is 5.49. The molecule has 2 N–H and O–H groups in total. The van der Waals surface area contributed by atoms with Crippen LogP contribution in [0.4, 0.5) is 0 Å². The van der Waals surface area contributed by atoms with Gasteiger partial charge in [-0.1, -0.05) is 5.16 Å². The van der Waals surface area contributed by atoms with Crippen molar-refractivity contribution < 1.29 is 10.3 Å². The Hall–Kier alpha value is -0.280. The van der Waals surface area contributed by atoms with Crippen LogP contribution in [0.15, 0.2) is 5.16 Å². The van der Waals surface area contributed by atoms with Gasteiger partial charge in [0.25, 0.3) is 0 Å². The van der Waals surface area contributed by atoms with E-state index in [1.807, 2.05) is 0 Å². The van der Waals surface area contributed by atoms with Gasteiger partial charge in [-0.2, -0.15) is 0 Å². The van der Waals surface area contributed by atoms with Crippen LogP contribution in [-0.2, 0) is 0 Å². The van der Waals surface area contributed by atoms with E-state index in [4.69, 9.17) is 16.8 Å². The Bertz CT molecular complexity index is 328. The summed E-state index contributed by atoms with van der Waals surface area (Å²) in [5.41, 5.74) is 0.460. The molecule has 2 unspecified atom stereocenters. The highest BCUT2D eigenvalue weighted by Crippen LogP contribution is 2.64. The predicted octanol–water partition coefficient (Wildman–Crippen LogP) is 2.39. The summed E-state index contributed by atoms with van der Waals surface area (Å²) < 4.78 is 0. The Balaban J connectivity index is 1.97. The predicted molar refractivity (Wildman–Crippen MR) is 62.0 cm³/mol. The first-order valence-electron chi connectivity index (χ1n) is 6.10. The van der Waals surface area contributed by atoms with E-state index in [2.05, 4.69) is 5.16 Å². The van der Waals surface area contributed by atoms with Crippen LogP contribution in [-0.4, -0.2) is 27.5 Å². The molecule has 3 nitrogen and oxygen atoms in total. The van der Waals surface area contributed by atoms with Gasteiger partial charge in [0.1, 0.15) is 0 Å². The minimum absolute atomic E-state index is 0.0881. The van der Waals surface area contributed by atoms with Crippen LogP contribution >= 0.6 is 11.6 Å². The van der Waals surface area contributed by atoms with Crippen LogP contribution in [0, 0.1) is 17.3 Å². The van der Waals surface area contributed by atoms with Crippen molar-refractivity contribution >= 4 is 17.3 Å². The van der Waals surface area contributed by atoms with Gasteiger partial charge in [0.2, 0.25) is 0 Å². The van der Waals surface area contributed by atoms with Crippen molar-refractivity contribution in [2.24, 2.45) is 22.4 Å². The maximum absolute atomic E-state index is 9.34. The average Bonchev–Trinajstić information content (AvgIpc) is 2.14. The summed E-state index contributed by atoms with van der Waals surface area (Å²) in [7, 11) is 0. The van der Waals surface area contributed by atoms with Gasteiger partial charge < -0.3 is 10.3 Å².